The first kappa shape index (κ1) is 23.1. The molecule has 2 aromatic rings. The number of benzene rings is 1. The molecule has 1 amide bonds. The van der Waals surface area contributed by atoms with Gasteiger partial charge in [-0.1, -0.05) is 12.5 Å². The van der Waals surface area contributed by atoms with Crippen molar-refractivity contribution in [3.63, 3.8) is 0 Å². The Kier molecular flexibility index (Phi) is 7.61. The zero-order valence-corrected chi connectivity index (χ0v) is 19.4. The number of thiophene rings is 1. The topological polar surface area (TPSA) is 95.9 Å². The first-order valence-electron chi connectivity index (χ1n) is 10.3. The van der Waals surface area contributed by atoms with Crippen molar-refractivity contribution in [3.8, 4) is 0 Å². The number of sulfonamides is 1. The Morgan fingerprint density at radius 2 is 1.94 bits per heavy atom. The summed E-state index contributed by atoms with van der Waals surface area (Å²) < 4.78 is 29.7. The van der Waals surface area contributed by atoms with Crippen molar-refractivity contribution in [3.05, 3.63) is 46.2 Å². The van der Waals surface area contributed by atoms with Gasteiger partial charge in [-0.15, -0.1) is 15.7 Å². The lowest BCUT2D eigenvalue weighted by Gasteiger charge is -2.17. The van der Waals surface area contributed by atoms with E-state index in [0.717, 1.165) is 30.7 Å². The summed E-state index contributed by atoms with van der Waals surface area (Å²) in [5.41, 5.74) is 0.361. The van der Waals surface area contributed by atoms with Crippen LogP contribution >= 0.6 is 11.3 Å². The van der Waals surface area contributed by atoms with Gasteiger partial charge in [-0.05, 0) is 50.1 Å². The lowest BCUT2D eigenvalue weighted by atomic mass is 10.2. The molecule has 3 rings (SSSR count). The monoisotopic (exact) mass is 461 g/mol. The Bertz CT molecular complexity index is 1090. The number of hydrogen-bond acceptors (Lipinski definition) is 5. The molecular weight excluding hydrogens is 434 g/mol. The minimum atomic E-state index is -3.88. The molecule has 1 fully saturated rings. The number of likely N-dealkylation sites (tertiary alicyclic amines) is 1. The van der Waals surface area contributed by atoms with E-state index in [9.17, 15) is 18.0 Å². The molecule has 2 heterocycles. The minimum Gasteiger partial charge on any atom is -0.362 e. The molecule has 0 aliphatic carbocycles. The van der Waals surface area contributed by atoms with Crippen LogP contribution in [-0.4, -0.2) is 44.4 Å². The van der Waals surface area contributed by atoms with E-state index in [0.29, 0.717) is 22.8 Å². The predicted octanol–water partition coefficient (Wildman–Crippen LogP) is 4.25. The quantitative estimate of drug-likeness (QED) is 0.622. The highest BCUT2D eigenvalue weighted by atomic mass is 32.2. The lowest BCUT2D eigenvalue weighted by molar-refractivity contribution is -0.116. The van der Waals surface area contributed by atoms with Gasteiger partial charge in [0.15, 0.2) is 5.78 Å². The molecule has 1 aromatic heterocycles. The van der Waals surface area contributed by atoms with Gasteiger partial charge in [0.2, 0.25) is 5.91 Å². The van der Waals surface area contributed by atoms with E-state index in [1.807, 2.05) is 24.9 Å². The minimum absolute atomic E-state index is 0.0276. The fourth-order valence-electron chi connectivity index (χ4n) is 3.33. The van der Waals surface area contributed by atoms with Crippen LogP contribution < -0.4 is 5.32 Å². The standard InChI is InChI=1S/C22H27N3O4S2/c1-16-10-12-20(30-16)19(26)11-13-22(27)23-17-7-6-8-18(15-17)31(28,29)24-21-9-4-3-5-14-25(21)2/h6-8,10,12,15H,3-5,9,11,13-14H2,1-2H3,(H,23,27)/b24-21+. The third kappa shape index (κ3) is 6.48. The molecule has 1 saturated heterocycles. The lowest BCUT2D eigenvalue weighted by Crippen LogP contribution is -2.26. The number of nitrogens with zero attached hydrogens (tertiary/aromatic N) is 2. The van der Waals surface area contributed by atoms with Gasteiger partial charge in [0, 0.05) is 43.4 Å². The fraction of sp³-hybridized carbons (Fsp3) is 0.409. The van der Waals surface area contributed by atoms with Gasteiger partial charge >= 0.3 is 0 Å². The van der Waals surface area contributed by atoms with E-state index in [4.69, 9.17) is 0 Å². The summed E-state index contributed by atoms with van der Waals surface area (Å²) in [6.07, 6.45) is 3.75. The van der Waals surface area contributed by atoms with Crippen LogP contribution in [0.15, 0.2) is 45.7 Å². The van der Waals surface area contributed by atoms with E-state index in [1.165, 1.54) is 23.5 Å². The smallest absolute Gasteiger partial charge is 0.284 e. The molecule has 9 heteroatoms. The number of nitrogens with one attached hydrogen (secondary N) is 1. The van der Waals surface area contributed by atoms with Crippen LogP contribution in [0, 0.1) is 6.92 Å². The van der Waals surface area contributed by atoms with Crippen LogP contribution in [0.5, 0.6) is 0 Å². The van der Waals surface area contributed by atoms with Crippen LogP contribution in [0.2, 0.25) is 0 Å². The molecule has 7 nitrogen and oxygen atoms in total. The van der Waals surface area contributed by atoms with E-state index in [-0.39, 0.29) is 29.4 Å². The number of amides is 1. The average molecular weight is 462 g/mol. The molecule has 1 aliphatic heterocycles. The molecular formula is C22H27N3O4S2. The van der Waals surface area contributed by atoms with Crippen molar-refractivity contribution in [2.45, 2.75) is 50.3 Å². The number of Topliss-reactive ketones (excluding diaryl/α,β-unsaturated/α-hetero) is 1. The van der Waals surface area contributed by atoms with E-state index in [2.05, 4.69) is 9.71 Å². The normalized spacial score (nSPS) is 16.2. The summed E-state index contributed by atoms with van der Waals surface area (Å²) in [6, 6.07) is 9.69. The molecule has 0 atom stereocenters. The molecule has 1 N–H and O–H groups in total. The van der Waals surface area contributed by atoms with Crippen molar-refractivity contribution < 1.29 is 18.0 Å². The molecule has 0 radical (unpaired) electrons. The number of amidine groups is 1. The summed E-state index contributed by atoms with van der Waals surface area (Å²) in [5.74, 6) is 0.146. The number of carbonyl (C=O) groups is 2. The summed E-state index contributed by atoms with van der Waals surface area (Å²) in [5, 5.41) is 2.68. The highest BCUT2D eigenvalue weighted by Gasteiger charge is 2.19. The highest BCUT2D eigenvalue weighted by Crippen LogP contribution is 2.21. The van der Waals surface area contributed by atoms with Crippen molar-refractivity contribution in [2.75, 3.05) is 18.9 Å². The molecule has 1 aliphatic rings. The van der Waals surface area contributed by atoms with Gasteiger partial charge in [0.25, 0.3) is 10.0 Å². The molecule has 0 bridgehead atoms. The third-order valence-electron chi connectivity index (χ3n) is 5.07. The van der Waals surface area contributed by atoms with Crippen LogP contribution in [0.4, 0.5) is 5.69 Å². The second kappa shape index (κ2) is 10.2. The van der Waals surface area contributed by atoms with Crippen molar-refractivity contribution in [1.29, 1.82) is 0 Å². The second-order valence-electron chi connectivity index (χ2n) is 7.62. The van der Waals surface area contributed by atoms with Crippen LogP contribution in [0.3, 0.4) is 0 Å². The number of aryl methyl sites for hydroxylation is 1. The molecule has 0 saturated carbocycles. The maximum Gasteiger partial charge on any atom is 0.284 e. The van der Waals surface area contributed by atoms with Gasteiger partial charge < -0.3 is 10.2 Å². The molecule has 0 spiro atoms. The molecule has 166 valence electrons. The first-order valence-corrected chi connectivity index (χ1v) is 12.5. The molecule has 31 heavy (non-hydrogen) atoms. The summed E-state index contributed by atoms with van der Waals surface area (Å²) in [4.78, 5) is 28.0. The van der Waals surface area contributed by atoms with Gasteiger partial charge in [0.05, 0.1) is 9.77 Å². The van der Waals surface area contributed by atoms with Crippen LogP contribution in [0.25, 0.3) is 0 Å². The third-order valence-corrected chi connectivity index (χ3v) is 7.41. The largest absolute Gasteiger partial charge is 0.362 e. The summed E-state index contributed by atoms with van der Waals surface area (Å²) in [7, 11) is -2.03. The second-order valence-corrected chi connectivity index (χ2v) is 10.5. The van der Waals surface area contributed by atoms with Crippen LogP contribution in [0.1, 0.15) is 53.1 Å². The van der Waals surface area contributed by atoms with Gasteiger partial charge in [-0.2, -0.15) is 8.42 Å². The Morgan fingerprint density at radius 3 is 2.68 bits per heavy atom. The Labute approximate surface area is 187 Å². The first-order chi connectivity index (χ1) is 14.7. The van der Waals surface area contributed by atoms with E-state index >= 15 is 0 Å². The van der Waals surface area contributed by atoms with Crippen molar-refractivity contribution in [2.24, 2.45) is 4.40 Å². The predicted molar refractivity (Wildman–Crippen MR) is 123 cm³/mol. The number of anilines is 1. The number of ketones is 1. The number of rotatable bonds is 7. The van der Waals surface area contributed by atoms with Crippen LogP contribution in [-0.2, 0) is 14.8 Å². The zero-order valence-electron chi connectivity index (χ0n) is 17.8. The number of hydrogen-bond donors (Lipinski definition) is 1. The van der Waals surface area contributed by atoms with E-state index < -0.39 is 10.0 Å². The zero-order chi connectivity index (χ0) is 22.4. The van der Waals surface area contributed by atoms with Crippen molar-refractivity contribution in [1.82, 2.24) is 4.90 Å². The maximum atomic E-state index is 12.8. The Morgan fingerprint density at radius 1 is 1.13 bits per heavy atom. The highest BCUT2D eigenvalue weighted by molar-refractivity contribution is 7.90. The molecule has 1 aromatic carbocycles. The molecule has 0 unspecified atom stereocenters. The van der Waals surface area contributed by atoms with Crippen molar-refractivity contribution >= 4 is 44.6 Å². The summed E-state index contributed by atoms with van der Waals surface area (Å²) in [6.45, 7) is 2.71. The SMILES string of the molecule is Cc1ccc(C(=O)CCC(=O)Nc2cccc(S(=O)(=O)/N=C3\CCCCCN3C)c2)s1. The fourth-order valence-corrected chi connectivity index (χ4v) is 5.30. The summed E-state index contributed by atoms with van der Waals surface area (Å²) >= 11 is 1.41. The van der Waals surface area contributed by atoms with Gasteiger partial charge in [-0.25, -0.2) is 0 Å². The number of carbonyl (C=O) groups excluding carboxylic acids is 2. The average Bonchev–Trinajstić information content (AvgIpc) is 3.07. The Balaban J connectivity index is 1.65. The van der Waals surface area contributed by atoms with Gasteiger partial charge in [-0.3, -0.25) is 9.59 Å². The Hall–Kier alpha value is -2.52. The maximum absolute atomic E-state index is 12.8. The van der Waals surface area contributed by atoms with E-state index in [1.54, 1.807) is 18.2 Å². The van der Waals surface area contributed by atoms with Gasteiger partial charge in [0.1, 0.15) is 5.84 Å².